The first-order valence-electron chi connectivity index (χ1n) is 8.98. The van der Waals surface area contributed by atoms with E-state index in [2.05, 4.69) is 5.32 Å². The van der Waals surface area contributed by atoms with E-state index in [4.69, 9.17) is 4.74 Å². The van der Waals surface area contributed by atoms with Crippen LogP contribution in [0.3, 0.4) is 0 Å². The molecule has 1 N–H and O–H groups in total. The third-order valence-corrected chi connectivity index (χ3v) is 5.84. The van der Waals surface area contributed by atoms with E-state index in [-0.39, 0.29) is 5.91 Å². The molecule has 2 aromatic carbocycles. The van der Waals surface area contributed by atoms with Crippen molar-refractivity contribution in [1.29, 1.82) is 0 Å². The molecule has 0 aromatic heterocycles. The smallest absolute Gasteiger partial charge is 0.242 e. The number of nitrogens with one attached hydrogen (secondary N) is 1. The molecule has 2 aromatic rings. The van der Waals surface area contributed by atoms with E-state index in [0.29, 0.717) is 31.0 Å². The lowest BCUT2D eigenvalue weighted by atomic mass is 10.0. The first kappa shape index (κ1) is 19.4. The average molecular weight is 388 g/mol. The number of ether oxygens (including phenoxy) is 1. The van der Waals surface area contributed by atoms with Gasteiger partial charge in [-0.1, -0.05) is 36.8 Å². The van der Waals surface area contributed by atoms with Gasteiger partial charge in [0.25, 0.3) is 0 Å². The fourth-order valence-corrected chi connectivity index (χ4v) is 4.29. The third-order valence-electron chi connectivity index (χ3n) is 4.55. The fraction of sp³-hybridized carbons (Fsp3) is 0.350. The Morgan fingerprint density at radius 2 is 1.81 bits per heavy atom. The number of hydrogen-bond acceptors (Lipinski definition) is 4. The molecule has 0 bridgehead atoms. The van der Waals surface area contributed by atoms with E-state index in [1.165, 1.54) is 4.31 Å². The second-order valence-electron chi connectivity index (χ2n) is 6.67. The van der Waals surface area contributed by atoms with Gasteiger partial charge in [-0.25, -0.2) is 8.42 Å². The van der Waals surface area contributed by atoms with Crippen LogP contribution in [0.5, 0.6) is 5.75 Å². The SMILES string of the molecule is CS(=O)(=O)N1CCCCC1C(=O)Nc1ccc(OCc2ccccc2)cc1. The molecule has 1 aliphatic rings. The van der Waals surface area contributed by atoms with E-state index in [1.54, 1.807) is 24.3 Å². The van der Waals surface area contributed by atoms with Crippen LogP contribution < -0.4 is 10.1 Å². The molecule has 0 spiro atoms. The maximum absolute atomic E-state index is 12.6. The summed E-state index contributed by atoms with van der Waals surface area (Å²) in [5.74, 6) is 0.408. The second-order valence-corrected chi connectivity index (χ2v) is 8.61. The van der Waals surface area contributed by atoms with Crippen molar-refractivity contribution in [3.05, 3.63) is 60.2 Å². The van der Waals surface area contributed by atoms with Crippen molar-refractivity contribution in [2.24, 2.45) is 0 Å². The second kappa shape index (κ2) is 8.54. The Morgan fingerprint density at radius 1 is 1.11 bits per heavy atom. The number of carbonyl (C=O) groups excluding carboxylic acids is 1. The number of anilines is 1. The van der Waals surface area contributed by atoms with E-state index < -0.39 is 16.1 Å². The highest BCUT2D eigenvalue weighted by atomic mass is 32.2. The summed E-state index contributed by atoms with van der Waals surface area (Å²) in [6.07, 6.45) is 3.31. The third kappa shape index (κ3) is 5.30. The summed E-state index contributed by atoms with van der Waals surface area (Å²) in [5.41, 5.74) is 1.69. The largest absolute Gasteiger partial charge is 0.489 e. The first-order valence-corrected chi connectivity index (χ1v) is 10.8. The average Bonchev–Trinajstić information content (AvgIpc) is 2.67. The minimum Gasteiger partial charge on any atom is -0.489 e. The predicted octanol–water partition coefficient (Wildman–Crippen LogP) is 3.02. The Morgan fingerprint density at radius 3 is 2.48 bits per heavy atom. The molecule has 1 aliphatic heterocycles. The van der Waals surface area contributed by atoms with Gasteiger partial charge in [0.05, 0.1) is 6.26 Å². The van der Waals surface area contributed by atoms with Gasteiger partial charge in [-0.2, -0.15) is 4.31 Å². The molecule has 1 atom stereocenters. The van der Waals surface area contributed by atoms with Gasteiger partial charge in [0.2, 0.25) is 15.9 Å². The summed E-state index contributed by atoms with van der Waals surface area (Å²) >= 11 is 0. The molecule has 144 valence electrons. The van der Waals surface area contributed by atoms with Gasteiger partial charge < -0.3 is 10.1 Å². The highest BCUT2D eigenvalue weighted by Gasteiger charge is 2.34. The standard InChI is InChI=1S/C20H24N2O4S/c1-27(24,25)22-14-6-5-9-19(22)20(23)21-17-10-12-18(13-11-17)26-15-16-7-3-2-4-8-16/h2-4,7-8,10-13,19H,5-6,9,14-15H2,1H3,(H,21,23). The normalized spacial score (nSPS) is 18.0. The van der Waals surface area contributed by atoms with Gasteiger partial charge in [0, 0.05) is 12.2 Å². The van der Waals surface area contributed by atoms with Crippen LogP contribution in [0.4, 0.5) is 5.69 Å². The van der Waals surface area contributed by atoms with Gasteiger partial charge in [0.15, 0.2) is 0 Å². The van der Waals surface area contributed by atoms with Crippen LogP contribution in [-0.2, 0) is 21.4 Å². The topological polar surface area (TPSA) is 75.7 Å². The molecule has 0 aliphatic carbocycles. The van der Waals surface area contributed by atoms with E-state index in [1.807, 2.05) is 30.3 Å². The summed E-state index contributed by atoms with van der Waals surface area (Å²) in [4.78, 5) is 12.6. The zero-order chi connectivity index (χ0) is 19.3. The van der Waals surface area contributed by atoms with Gasteiger partial charge >= 0.3 is 0 Å². The zero-order valence-corrected chi connectivity index (χ0v) is 16.1. The van der Waals surface area contributed by atoms with Gasteiger partial charge in [0.1, 0.15) is 18.4 Å². The van der Waals surface area contributed by atoms with Crippen LogP contribution >= 0.6 is 0 Å². The molecule has 1 unspecified atom stereocenters. The Bertz CT molecular complexity index is 867. The molecule has 0 saturated carbocycles. The van der Waals surface area contributed by atoms with Crippen molar-refractivity contribution in [3.63, 3.8) is 0 Å². The molecule has 1 heterocycles. The molecule has 1 fully saturated rings. The van der Waals surface area contributed by atoms with Crippen molar-refractivity contribution in [1.82, 2.24) is 4.31 Å². The van der Waals surface area contributed by atoms with Gasteiger partial charge in [-0.05, 0) is 42.7 Å². The number of hydrogen-bond donors (Lipinski definition) is 1. The summed E-state index contributed by atoms with van der Waals surface area (Å²) in [7, 11) is -3.40. The summed E-state index contributed by atoms with van der Waals surface area (Å²) in [5, 5.41) is 2.81. The highest BCUT2D eigenvalue weighted by Crippen LogP contribution is 2.22. The summed E-state index contributed by atoms with van der Waals surface area (Å²) < 4.78 is 30.9. The van der Waals surface area contributed by atoms with Crippen LogP contribution in [0.1, 0.15) is 24.8 Å². The van der Waals surface area contributed by atoms with Crippen LogP contribution in [0.15, 0.2) is 54.6 Å². The number of benzene rings is 2. The number of carbonyl (C=O) groups is 1. The van der Waals surface area contributed by atoms with Crippen molar-refractivity contribution >= 4 is 21.6 Å². The molecule has 0 radical (unpaired) electrons. The maximum atomic E-state index is 12.6. The Labute approximate surface area is 160 Å². The quantitative estimate of drug-likeness (QED) is 0.825. The van der Waals surface area contributed by atoms with E-state index in [9.17, 15) is 13.2 Å². The highest BCUT2D eigenvalue weighted by molar-refractivity contribution is 7.88. The van der Waals surface area contributed by atoms with Crippen LogP contribution in [0, 0.1) is 0 Å². The minimum atomic E-state index is -3.40. The molecule has 7 heteroatoms. The Hall–Kier alpha value is -2.38. The van der Waals surface area contributed by atoms with E-state index in [0.717, 1.165) is 24.7 Å². The number of nitrogens with zero attached hydrogens (tertiary/aromatic N) is 1. The molecule has 27 heavy (non-hydrogen) atoms. The molecular formula is C20H24N2O4S. The summed E-state index contributed by atoms with van der Waals surface area (Å²) in [6.45, 7) is 0.862. The number of piperidine rings is 1. The van der Waals surface area contributed by atoms with E-state index >= 15 is 0 Å². The summed E-state index contributed by atoms with van der Waals surface area (Å²) in [6, 6.07) is 16.3. The molecule has 6 nitrogen and oxygen atoms in total. The lowest BCUT2D eigenvalue weighted by Gasteiger charge is -2.32. The lowest BCUT2D eigenvalue weighted by Crippen LogP contribution is -2.49. The molecular weight excluding hydrogens is 364 g/mol. The van der Waals surface area contributed by atoms with Gasteiger partial charge in [-0.15, -0.1) is 0 Å². The Balaban J connectivity index is 1.59. The molecule has 3 rings (SSSR count). The van der Waals surface area contributed by atoms with Crippen molar-refractivity contribution < 1.29 is 17.9 Å². The first-order chi connectivity index (χ1) is 12.9. The van der Waals surface area contributed by atoms with Crippen LogP contribution in [0.25, 0.3) is 0 Å². The van der Waals surface area contributed by atoms with Crippen molar-refractivity contribution in [2.75, 3.05) is 18.1 Å². The predicted molar refractivity (Wildman–Crippen MR) is 105 cm³/mol. The Kier molecular flexibility index (Phi) is 6.13. The minimum absolute atomic E-state index is 0.293. The van der Waals surface area contributed by atoms with Crippen molar-refractivity contribution in [2.45, 2.75) is 31.9 Å². The number of amides is 1. The van der Waals surface area contributed by atoms with Crippen molar-refractivity contribution in [3.8, 4) is 5.75 Å². The molecule has 1 amide bonds. The number of sulfonamides is 1. The number of rotatable bonds is 6. The zero-order valence-electron chi connectivity index (χ0n) is 15.3. The van der Waals surface area contributed by atoms with Gasteiger partial charge in [-0.3, -0.25) is 4.79 Å². The van der Waals surface area contributed by atoms with Crippen LogP contribution in [-0.4, -0.2) is 37.5 Å². The molecule has 1 saturated heterocycles. The maximum Gasteiger partial charge on any atom is 0.242 e. The monoisotopic (exact) mass is 388 g/mol. The lowest BCUT2D eigenvalue weighted by molar-refractivity contribution is -0.120. The van der Waals surface area contributed by atoms with Crippen LogP contribution in [0.2, 0.25) is 0 Å². The fourth-order valence-electron chi connectivity index (χ4n) is 3.16.